The van der Waals surface area contributed by atoms with Crippen LogP contribution in [0.25, 0.3) is 0 Å². The summed E-state index contributed by atoms with van der Waals surface area (Å²) in [5.74, 6) is 0.364. The fraction of sp³-hybridized carbons (Fsp3) is 0.929. The number of nitrogens with one attached hydrogen (secondary N) is 1. The van der Waals surface area contributed by atoms with Crippen LogP contribution in [0.2, 0.25) is 0 Å². The lowest BCUT2D eigenvalue weighted by atomic mass is 9.98. The molecule has 0 radical (unpaired) electrons. The third kappa shape index (κ3) is 6.36. The minimum absolute atomic E-state index is 0.122. The van der Waals surface area contributed by atoms with Crippen LogP contribution in [0.1, 0.15) is 26.7 Å². The number of carbonyl (C=O) groups is 1. The first-order valence-corrected chi connectivity index (χ1v) is 7.44. The first kappa shape index (κ1) is 16.4. The molecule has 5 heteroatoms. The first-order valence-electron chi connectivity index (χ1n) is 7.44. The Labute approximate surface area is 116 Å². The Kier molecular flexibility index (Phi) is 8.79. The van der Waals surface area contributed by atoms with Crippen molar-refractivity contribution in [3.63, 3.8) is 0 Å². The molecular weight excluding hydrogens is 244 g/mol. The van der Waals surface area contributed by atoms with Crippen molar-refractivity contribution in [1.29, 1.82) is 0 Å². The molecule has 0 aromatic carbocycles. The lowest BCUT2D eigenvalue weighted by Gasteiger charge is -2.29. The van der Waals surface area contributed by atoms with Crippen molar-refractivity contribution < 1.29 is 14.3 Å². The standard InChI is InChI=1S/C14H28N2O3/c1-3-18-10-8-16(9-11-19-4-2)14(17)13-6-5-7-15-12-13/h13,15H,3-12H2,1-2H3/t13-/m1/s1. The highest BCUT2D eigenvalue weighted by Gasteiger charge is 2.25. The van der Waals surface area contributed by atoms with Crippen LogP contribution in [0.5, 0.6) is 0 Å². The highest BCUT2D eigenvalue weighted by molar-refractivity contribution is 5.79. The Morgan fingerprint density at radius 2 is 1.84 bits per heavy atom. The summed E-state index contributed by atoms with van der Waals surface area (Å²) >= 11 is 0. The topological polar surface area (TPSA) is 50.8 Å². The van der Waals surface area contributed by atoms with Gasteiger partial charge in [-0.15, -0.1) is 0 Å². The van der Waals surface area contributed by atoms with E-state index in [1.807, 2.05) is 18.7 Å². The molecule has 1 amide bonds. The van der Waals surface area contributed by atoms with E-state index in [-0.39, 0.29) is 11.8 Å². The van der Waals surface area contributed by atoms with E-state index in [1.54, 1.807) is 0 Å². The molecule has 0 saturated carbocycles. The van der Waals surface area contributed by atoms with Crippen LogP contribution in [-0.2, 0) is 14.3 Å². The van der Waals surface area contributed by atoms with Crippen molar-refractivity contribution >= 4 is 5.91 Å². The van der Waals surface area contributed by atoms with Crippen molar-refractivity contribution in [3.05, 3.63) is 0 Å². The van der Waals surface area contributed by atoms with Crippen molar-refractivity contribution in [1.82, 2.24) is 10.2 Å². The molecule has 5 nitrogen and oxygen atoms in total. The van der Waals surface area contributed by atoms with Crippen LogP contribution in [0.3, 0.4) is 0 Å². The molecule has 1 fully saturated rings. The fourth-order valence-corrected chi connectivity index (χ4v) is 2.29. The molecule has 1 aliphatic rings. The predicted octanol–water partition coefficient (Wildman–Crippen LogP) is 0.888. The summed E-state index contributed by atoms with van der Waals surface area (Å²) in [6, 6.07) is 0. The van der Waals surface area contributed by atoms with Gasteiger partial charge in [0.2, 0.25) is 5.91 Å². The van der Waals surface area contributed by atoms with E-state index in [1.165, 1.54) is 0 Å². The van der Waals surface area contributed by atoms with E-state index in [0.717, 1.165) is 25.9 Å². The van der Waals surface area contributed by atoms with Gasteiger partial charge in [0.25, 0.3) is 0 Å². The smallest absolute Gasteiger partial charge is 0.227 e. The number of amides is 1. The average Bonchev–Trinajstić information content (AvgIpc) is 2.46. The van der Waals surface area contributed by atoms with Crippen molar-refractivity contribution in [2.45, 2.75) is 26.7 Å². The summed E-state index contributed by atoms with van der Waals surface area (Å²) in [4.78, 5) is 14.4. The maximum absolute atomic E-state index is 12.5. The van der Waals surface area contributed by atoms with Gasteiger partial charge in [0, 0.05) is 32.8 Å². The van der Waals surface area contributed by atoms with Gasteiger partial charge in [-0.2, -0.15) is 0 Å². The highest BCUT2D eigenvalue weighted by atomic mass is 16.5. The van der Waals surface area contributed by atoms with E-state index in [2.05, 4.69) is 5.32 Å². The van der Waals surface area contributed by atoms with Gasteiger partial charge < -0.3 is 19.7 Å². The predicted molar refractivity (Wildman–Crippen MR) is 75.2 cm³/mol. The van der Waals surface area contributed by atoms with Gasteiger partial charge in [-0.25, -0.2) is 0 Å². The fourth-order valence-electron chi connectivity index (χ4n) is 2.29. The third-order valence-electron chi connectivity index (χ3n) is 3.38. The highest BCUT2D eigenvalue weighted by Crippen LogP contribution is 2.13. The molecule has 112 valence electrons. The second-order valence-electron chi connectivity index (χ2n) is 4.76. The van der Waals surface area contributed by atoms with E-state index < -0.39 is 0 Å². The number of nitrogens with zero attached hydrogens (tertiary/aromatic N) is 1. The zero-order valence-corrected chi connectivity index (χ0v) is 12.3. The largest absolute Gasteiger partial charge is 0.380 e. The van der Waals surface area contributed by atoms with Crippen LogP contribution in [0.15, 0.2) is 0 Å². The summed E-state index contributed by atoms with van der Waals surface area (Å²) in [6.45, 7) is 9.70. The minimum Gasteiger partial charge on any atom is -0.380 e. The summed E-state index contributed by atoms with van der Waals surface area (Å²) in [6.07, 6.45) is 2.08. The SMILES string of the molecule is CCOCCN(CCOCC)C(=O)[C@@H]1CCCNC1. The normalized spacial score (nSPS) is 19.4. The van der Waals surface area contributed by atoms with Crippen molar-refractivity contribution in [2.75, 3.05) is 52.6 Å². The Morgan fingerprint density at radius 1 is 1.21 bits per heavy atom. The minimum atomic E-state index is 0.122. The Morgan fingerprint density at radius 3 is 2.32 bits per heavy atom. The van der Waals surface area contributed by atoms with Gasteiger partial charge in [-0.1, -0.05) is 0 Å². The number of piperidine rings is 1. The number of ether oxygens (including phenoxy) is 2. The van der Waals surface area contributed by atoms with Gasteiger partial charge in [0.05, 0.1) is 19.1 Å². The number of hydrogen-bond donors (Lipinski definition) is 1. The molecule has 0 spiro atoms. The average molecular weight is 272 g/mol. The van der Waals surface area contributed by atoms with Crippen LogP contribution in [0, 0.1) is 5.92 Å². The molecule has 1 heterocycles. The Hall–Kier alpha value is -0.650. The van der Waals surface area contributed by atoms with Crippen LogP contribution < -0.4 is 5.32 Å². The van der Waals surface area contributed by atoms with Crippen LogP contribution >= 0.6 is 0 Å². The molecule has 1 N–H and O–H groups in total. The maximum atomic E-state index is 12.5. The van der Waals surface area contributed by atoms with Gasteiger partial charge >= 0.3 is 0 Å². The second-order valence-corrected chi connectivity index (χ2v) is 4.76. The summed E-state index contributed by atoms with van der Waals surface area (Å²) in [5.41, 5.74) is 0. The lowest BCUT2D eigenvalue weighted by Crippen LogP contribution is -2.45. The molecule has 19 heavy (non-hydrogen) atoms. The van der Waals surface area contributed by atoms with Crippen LogP contribution in [0.4, 0.5) is 0 Å². The number of rotatable bonds is 9. The number of carbonyl (C=O) groups excluding carboxylic acids is 1. The van der Waals surface area contributed by atoms with E-state index in [0.29, 0.717) is 39.5 Å². The zero-order valence-electron chi connectivity index (χ0n) is 12.3. The molecule has 0 unspecified atom stereocenters. The van der Waals surface area contributed by atoms with Crippen LogP contribution in [-0.4, -0.2) is 63.4 Å². The van der Waals surface area contributed by atoms with E-state index in [9.17, 15) is 4.79 Å². The number of hydrogen-bond acceptors (Lipinski definition) is 4. The molecule has 0 aromatic rings. The molecule has 1 rings (SSSR count). The van der Waals surface area contributed by atoms with E-state index >= 15 is 0 Å². The van der Waals surface area contributed by atoms with Gasteiger partial charge in [-0.3, -0.25) is 4.79 Å². The molecule has 1 saturated heterocycles. The third-order valence-corrected chi connectivity index (χ3v) is 3.38. The molecule has 1 atom stereocenters. The summed E-state index contributed by atoms with van der Waals surface area (Å²) in [7, 11) is 0. The van der Waals surface area contributed by atoms with Gasteiger partial charge in [0.1, 0.15) is 0 Å². The Balaban J connectivity index is 2.41. The second kappa shape index (κ2) is 10.2. The van der Waals surface area contributed by atoms with Crippen molar-refractivity contribution in [2.24, 2.45) is 5.92 Å². The molecule has 1 aliphatic heterocycles. The molecule has 0 bridgehead atoms. The summed E-state index contributed by atoms with van der Waals surface area (Å²) < 4.78 is 10.7. The first-order chi connectivity index (χ1) is 9.29. The van der Waals surface area contributed by atoms with Gasteiger partial charge in [-0.05, 0) is 33.2 Å². The maximum Gasteiger partial charge on any atom is 0.227 e. The van der Waals surface area contributed by atoms with E-state index in [4.69, 9.17) is 9.47 Å². The zero-order chi connectivity index (χ0) is 13.9. The molecule has 0 aromatic heterocycles. The molecule has 0 aliphatic carbocycles. The van der Waals surface area contributed by atoms with Crippen molar-refractivity contribution in [3.8, 4) is 0 Å². The monoisotopic (exact) mass is 272 g/mol. The quantitative estimate of drug-likeness (QED) is 0.633. The molecular formula is C14H28N2O3. The lowest BCUT2D eigenvalue weighted by molar-refractivity contribution is -0.137. The Bertz CT molecular complexity index is 233. The summed E-state index contributed by atoms with van der Waals surface area (Å²) in [5, 5.41) is 3.30. The van der Waals surface area contributed by atoms with Gasteiger partial charge in [0.15, 0.2) is 0 Å².